The molecule has 2 aromatic rings. The molecule has 0 saturated heterocycles. The van der Waals surface area contributed by atoms with Crippen molar-refractivity contribution in [2.75, 3.05) is 12.4 Å². The monoisotopic (exact) mass is 361 g/mol. The van der Waals surface area contributed by atoms with Gasteiger partial charge in [0.2, 0.25) is 0 Å². The average Bonchev–Trinajstić information content (AvgIpc) is 3.03. The molecule has 0 unspecified atom stereocenters. The van der Waals surface area contributed by atoms with E-state index >= 15 is 0 Å². The van der Waals surface area contributed by atoms with E-state index in [-0.39, 0.29) is 5.11 Å². The lowest BCUT2D eigenvalue weighted by Gasteiger charge is -2.07. The van der Waals surface area contributed by atoms with Gasteiger partial charge in [0.1, 0.15) is 10.6 Å². The molecule has 0 aliphatic heterocycles. The predicted molar refractivity (Wildman–Crippen MR) is 99.9 cm³/mol. The van der Waals surface area contributed by atoms with Crippen LogP contribution in [0.3, 0.4) is 0 Å². The summed E-state index contributed by atoms with van der Waals surface area (Å²) in [6.45, 7) is 3.36. The molecule has 0 fully saturated rings. The number of hydrogen-bond acceptors (Lipinski definition) is 6. The van der Waals surface area contributed by atoms with Gasteiger partial charge in [-0.15, -0.1) is 11.3 Å². The minimum atomic E-state index is -0.497. The van der Waals surface area contributed by atoms with Crippen molar-refractivity contribution in [3.63, 3.8) is 0 Å². The number of nitrogens with zero attached hydrogens (tertiary/aromatic N) is 1. The average molecular weight is 361 g/mol. The number of thiocarbonyl (C=S) groups is 1. The van der Waals surface area contributed by atoms with Crippen LogP contribution in [0.1, 0.15) is 15.2 Å². The molecular formula is C16H15N3O3S2. The van der Waals surface area contributed by atoms with Crippen molar-refractivity contribution in [2.24, 2.45) is 5.10 Å². The second-order valence-corrected chi connectivity index (χ2v) is 5.63. The summed E-state index contributed by atoms with van der Waals surface area (Å²) >= 11 is 6.39. The normalized spacial score (nSPS) is 10.2. The second kappa shape index (κ2) is 8.80. The summed E-state index contributed by atoms with van der Waals surface area (Å²) < 4.78 is 9.99. The number of esters is 1. The zero-order valence-corrected chi connectivity index (χ0v) is 14.4. The SMILES string of the molecule is C=COC(=O)c1sccc1NC(=S)N/N=C/c1ccccc1OC. The zero-order valence-electron chi connectivity index (χ0n) is 12.8. The second-order valence-electron chi connectivity index (χ2n) is 4.30. The van der Waals surface area contributed by atoms with Crippen molar-refractivity contribution in [3.05, 3.63) is 59.0 Å². The van der Waals surface area contributed by atoms with Gasteiger partial charge in [-0.2, -0.15) is 5.10 Å². The fourth-order valence-corrected chi connectivity index (χ4v) is 2.67. The summed E-state index contributed by atoms with van der Waals surface area (Å²) in [5.41, 5.74) is 4.03. The number of carbonyl (C=O) groups is 1. The highest BCUT2D eigenvalue weighted by atomic mass is 32.1. The minimum absolute atomic E-state index is 0.243. The molecule has 0 radical (unpaired) electrons. The van der Waals surface area contributed by atoms with Crippen molar-refractivity contribution in [1.82, 2.24) is 5.43 Å². The van der Waals surface area contributed by atoms with Crippen LogP contribution < -0.4 is 15.5 Å². The maximum absolute atomic E-state index is 11.7. The molecule has 0 amide bonds. The van der Waals surface area contributed by atoms with Gasteiger partial charge in [-0.1, -0.05) is 18.7 Å². The lowest BCUT2D eigenvalue weighted by molar-refractivity contribution is 0.0670. The third-order valence-electron chi connectivity index (χ3n) is 2.80. The number of benzene rings is 1. The van der Waals surface area contributed by atoms with Crippen LogP contribution in [0.25, 0.3) is 0 Å². The Morgan fingerprint density at radius 2 is 2.17 bits per heavy atom. The van der Waals surface area contributed by atoms with Gasteiger partial charge in [0.05, 0.1) is 25.3 Å². The molecule has 2 N–H and O–H groups in total. The van der Waals surface area contributed by atoms with Crippen LogP contribution in [0.4, 0.5) is 5.69 Å². The van der Waals surface area contributed by atoms with Crippen molar-refractivity contribution < 1.29 is 14.3 Å². The minimum Gasteiger partial charge on any atom is -0.496 e. The van der Waals surface area contributed by atoms with E-state index in [2.05, 4.69) is 22.4 Å². The van der Waals surface area contributed by atoms with Crippen molar-refractivity contribution in [1.29, 1.82) is 0 Å². The van der Waals surface area contributed by atoms with E-state index in [0.29, 0.717) is 16.3 Å². The number of thiophene rings is 1. The summed E-state index contributed by atoms with van der Waals surface area (Å²) in [7, 11) is 1.59. The van der Waals surface area contributed by atoms with Gasteiger partial charge in [-0.25, -0.2) is 4.79 Å². The lowest BCUT2D eigenvalue weighted by atomic mass is 10.2. The highest BCUT2D eigenvalue weighted by molar-refractivity contribution is 7.80. The molecule has 2 rings (SSSR count). The van der Waals surface area contributed by atoms with E-state index < -0.39 is 5.97 Å². The molecule has 124 valence electrons. The van der Waals surface area contributed by atoms with Crippen molar-refractivity contribution in [3.8, 4) is 5.75 Å². The lowest BCUT2D eigenvalue weighted by Crippen LogP contribution is -2.24. The fraction of sp³-hybridized carbons (Fsp3) is 0.0625. The Bertz CT molecular complexity index is 771. The number of hydrazone groups is 1. The Morgan fingerprint density at radius 1 is 1.38 bits per heavy atom. The smallest absolute Gasteiger partial charge is 0.355 e. The summed E-state index contributed by atoms with van der Waals surface area (Å²) in [5.74, 6) is 0.206. The molecule has 0 bridgehead atoms. The van der Waals surface area contributed by atoms with Gasteiger partial charge in [0.15, 0.2) is 5.11 Å². The largest absolute Gasteiger partial charge is 0.496 e. The zero-order chi connectivity index (χ0) is 17.4. The predicted octanol–water partition coefficient (Wildman–Crippen LogP) is 3.38. The third-order valence-corrected chi connectivity index (χ3v) is 3.89. The van der Waals surface area contributed by atoms with E-state index in [1.807, 2.05) is 24.3 Å². The van der Waals surface area contributed by atoms with Crippen LogP contribution in [-0.2, 0) is 4.74 Å². The number of hydrogen-bond donors (Lipinski definition) is 2. The third kappa shape index (κ3) is 4.64. The Balaban J connectivity index is 1.97. The standard InChI is InChI=1S/C16H15N3O3S2/c1-3-22-15(20)14-12(8-9-24-14)18-16(23)19-17-10-11-6-4-5-7-13(11)21-2/h3-10H,1H2,2H3,(H2,18,19,23)/b17-10+. The number of para-hydroxylation sites is 1. The topological polar surface area (TPSA) is 72.0 Å². The Hall–Kier alpha value is -2.71. The number of carbonyl (C=O) groups excluding carboxylic acids is 1. The number of rotatable bonds is 6. The Morgan fingerprint density at radius 3 is 2.92 bits per heavy atom. The van der Waals surface area contributed by atoms with E-state index in [1.165, 1.54) is 11.3 Å². The highest BCUT2D eigenvalue weighted by Gasteiger charge is 2.14. The summed E-state index contributed by atoms with van der Waals surface area (Å²) in [5, 5.41) is 8.94. The fourth-order valence-electron chi connectivity index (χ4n) is 1.78. The molecule has 0 atom stereocenters. The van der Waals surface area contributed by atoms with Gasteiger partial charge >= 0.3 is 5.97 Å². The molecule has 0 aliphatic carbocycles. The molecular weight excluding hydrogens is 346 g/mol. The number of methoxy groups -OCH3 is 1. The first-order valence-corrected chi connectivity index (χ1v) is 8.07. The molecule has 0 saturated carbocycles. The maximum atomic E-state index is 11.7. The van der Waals surface area contributed by atoms with Crippen molar-refractivity contribution >= 4 is 46.5 Å². The van der Waals surface area contributed by atoms with Gasteiger partial charge in [-0.3, -0.25) is 5.43 Å². The first-order chi connectivity index (χ1) is 11.7. The van der Waals surface area contributed by atoms with Gasteiger partial charge < -0.3 is 14.8 Å². The molecule has 8 heteroatoms. The van der Waals surface area contributed by atoms with Crippen LogP contribution in [-0.4, -0.2) is 24.4 Å². The van der Waals surface area contributed by atoms with E-state index in [1.54, 1.807) is 24.8 Å². The molecule has 1 aromatic heterocycles. The van der Waals surface area contributed by atoms with Gasteiger partial charge in [-0.05, 0) is 35.8 Å². The number of anilines is 1. The molecule has 1 heterocycles. The molecule has 1 aromatic carbocycles. The van der Waals surface area contributed by atoms with Crippen LogP contribution in [0.15, 0.2) is 53.7 Å². The van der Waals surface area contributed by atoms with Gasteiger partial charge in [0, 0.05) is 5.56 Å². The van der Waals surface area contributed by atoms with Crippen LogP contribution in [0.2, 0.25) is 0 Å². The van der Waals surface area contributed by atoms with Crippen LogP contribution >= 0.6 is 23.6 Å². The highest BCUT2D eigenvalue weighted by Crippen LogP contribution is 2.23. The Kier molecular flexibility index (Phi) is 6.47. The summed E-state index contributed by atoms with van der Waals surface area (Å²) in [4.78, 5) is 12.1. The molecule has 0 spiro atoms. The maximum Gasteiger partial charge on any atom is 0.355 e. The summed E-state index contributed by atoms with van der Waals surface area (Å²) in [6.07, 6.45) is 2.67. The van der Waals surface area contributed by atoms with Crippen LogP contribution in [0.5, 0.6) is 5.75 Å². The first-order valence-electron chi connectivity index (χ1n) is 6.78. The van der Waals surface area contributed by atoms with E-state index in [9.17, 15) is 4.79 Å². The Labute approximate surface area is 148 Å². The van der Waals surface area contributed by atoms with E-state index in [4.69, 9.17) is 21.7 Å². The molecule has 0 aliphatic rings. The molecule has 24 heavy (non-hydrogen) atoms. The quantitative estimate of drug-likeness (QED) is 0.270. The van der Waals surface area contributed by atoms with E-state index in [0.717, 1.165) is 11.8 Å². The van der Waals surface area contributed by atoms with Crippen LogP contribution in [0, 0.1) is 0 Å². The number of ether oxygens (including phenoxy) is 2. The summed E-state index contributed by atoms with van der Waals surface area (Å²) in [6, 6.07) is 9.17. The van der Waals surface area contributed by atoms with Crippen molar-refractivity contribution in [2.45, 2.75) is 0 Å². The molecule has 6 nitrogen and oxygen atoms in total. The number of nitrogens with one attached hydrogen (secondary N) is 2. The first kappa shape index (κ1) is 17.6. The van der Waals surface area contributed by atoms with Gasteiger partial charge in [0.25, 0.3) is 0 Å².